The molecule has 0 saturated carbocycles. The Bertz CT molecular complexity index is 1480. The van der Waals surface area contributed by atoms with Crippen LogP contribution in [-0.4, -0.2) is 15.0 Å². The first-order valence-corrected chi connectivity index (χ1v) is 8.79. The van der Waals surface area contributed by atoms with Crippen molar-refractivity contribution in [1.29, 1.82) is 0 Å². The van der Waals surface area contributed by atoms with Gasteiger partial charge in [0.25, 0.3) is 0 Å². The summed E-state index contributed by atoms with van der Waals surface area (Å²) in [5, 5.41) is 5.36. The Morgan fingerprint density at radius 1 is 0.630 bits per heavy atom. The van der Waals surface area contributed by atoms with Crippen LogP contribution in [0.2, 0.25) is 0 Å². The number of hydrogen-bond acceptors (Lipinski definition) is 4. The molecule has 3 aromatic heterocycles. The van der Waals surface area contributed by atoms with Gasteiger partial charge in [-0.3, -0.25) is 4.98 Å². The topological polar surface area (TPSA) is 51.8 Å². The highest BCUT2D eigenvalue weighted by molar-refractivity contribution is 6.06. The molecule has 6 aromatic rings. The van der Waals surface area contributed by atoms with Crippen molar-refractivity contribution in [3.8, 4) is 11.5 Å². The molecule has 3 aromatic carbocycles. The first kappa shape index (κ1) is 14.4. The van der Waals surface area contributed by atoms with Crippen LogP contribution in [0.5, 0.6) is 0 Å². The Morgan fingerprint density at radius 2 is 1.44 bits per heavy atom. The second-order valence-corrected chi connectivity index (χ2v) is 6.58. The monoisotopic (exact) mass is 347 g/mol. The summed E-state index contributed by atoms with van der Waals surface area (Å²) in [6.45, 7) is 0. The minimum Gasteiger partial charge on any atom is -0.456 e. The molecule has 0 unspecified atom stereocenters. The lowest BCUT2D eigenvalue weighted by Gasteiger charge is -2.05. The number of rotatable bonds is 1. The van der Waals surface area contributed by atoms with Gasteiger partial charge < -0.3 is 4.42 Å². The van der Waals surface area contributed by atoms with Gasteiger partial charge in [-0.05, 0) is 11.5 Å². The van der Waals surface area contributed by atoms with Crippen molar-refractivity contribution in [2.75, 3.05) is 0 Å². The van der Waals surface area contributed by atoms with Crippen molar-refractivity contribution >= 4 is 43.6 Å². The Hall–Kier alpha value is -3.79. The Kier molecular flexibility index (Phi) is 2.85. The van der Waals surface area contributed by atoms with E-state index in [4.69, 9.17) is 9.40 Å². The molecule has 27 heavy (non-hydrogen) atoms. The van der Waals surface area contributed by atoms with E-state index in [-0.39, 0.29) is 0 Å². The normalized spacial score (nSPS) is 11.7. The average Bonchev–Trinajstić information content (AvgIpc) is 3.11. The lowest BCUT2D eigenvalue weighted by atomic mass is 10.1. The molecular formula is C23H13N3O. The maximum Gasteiger partial charge on any atom is 0.178 e. The third-order valence-electron chi connectivity index (χ3n) is 4.97. The SMILES string of the molecule is c1ccc2c(c1)ccc1cnc(-c3cc4oc5ccccc5c4cn3)nc12. The van der Waals surface area contributed by atoms with Crippen LogP contribution in [0, 0.1) is 0 Å². The van der Waals surface area contributed by atoms with Crippen molar-refractivity contribution in [1.82, 2.24) is 15.0 Å². The highest BCUT2D eigenvalue weighted by Gasteiger charge is 2.12. The smallest absolute Gasteiger partial charge is 0.178 e. The quantitative estimate of drug-likeness (QED) is 0.356. The van der Waals surface area contributed by atoms with E-state index in [0.717, 1.165) is 43.6 Å². The average molecular weight is 347 g/mol. The molecule has 0 bridgehead atoms. The molecule has 3 heterocycles. The molecule has 4 nitrogen and oxygen atoms in total. The number of aromatic nitrogens is 3. The van der Waals surface area contributed by atoms with Crippen LogP contribution in [0.25, 0.3) is 55.1 Å². The molecule has 0 N–H and O–H groups in total. The van der Waals surface area contributed by atoms with Gasteiger partial charge in [-0.15, -0.1) is 0 Å². The molecule has 4 heteroatoms. The van der Waals surface area contributed by atoms with E-state index in [1.807, 2.05) is 54.9 Å². The first-order valence-electron chi connectivity index (χ1n) is 8.79. The number of furan rings is 1. The molecule has 6 rings (SSSR count). The fourth-order valence-electron chi connectivity index (χ4n) is 3.63. The molecule has 0 fully saturated rings. The number of para-hydroxylation sites is 1. The second kappa shape index (κ2) is 5.35. The number of pyridine rings is 1. The van der Waals surface area contributed by atoms with Crippen LogP contribution in [-0.2, 0) is 0 Å². The number of hydrogen-bond donors (Lipinski definition) is 0. The lowest BCUT2D eigenvalue weighted by molar-refractivity contribution is 0.668. The molecular weight excluding hydrogens is 334 g/mol. The summed E-state index contributed by atoms with van der Waals surface area (Å²) in [5.41, 5.74) is 3.29. The van der Waals surface area contributed by atoms with E-state index in [1.54, 1.807) is 0 Å². The Morgan fingerprint density at radius 3 is 2.41 bits per heavy atom. The maximum atomic E-state index is 5.98. The van der Waals surface area contributed by atoms with E-state index in [1.165, 1.54) is 0 Å². The van der Waals surface area contributed by atoms with Crippen molar-refractivity contribution < 1.29 is 4.42 Å². The van der Waals surface area contributed by atoms with E-state index in [9.17, 15) is 0 Å². The third-order valence-corrected chi connectivity index (χ3v) is 4.97. The Balaban J connectivity index is 1.60. The predicted molar refractivity (Wildman–Crippen MR) is 108 cm³/mol. The zero-order chi connectivity index (χ0) is 17.8. The van der Waals surface area contributed by atoms with Gasteiger partial charge in [-0.25, -0.2) is 9.97 Å². The predicted octanol–water partition coefficient (Wildman–Crippen LogP) is 5.74. The van der Waals surface area contributed by atoms with Crippen LogP contribution in [0.1, 0.15) is 0 Å². The molecule has 0 aliphatic rings. The minimum atomic E-state index is 0.598. The van der Waals surface area contributed by atoms with Gasteiger partial charge in [0.15, 0.2) is 5.82 Å². The van der Waals surface area contributed by atoms with Gasteiger partial charge >= 0.3 is 0 Å². The number of fused-ring (bicyclic) bond motifs is 6. The molecule has 0 amide bonds. The second-order valence-electron chi connectivity index (χ2n) is 6.58. The van der Waals surface area contributed by atoms with Gasteiger partial charge in [0.1, 0.15) is 16.9 Å². The third kappa shape index (κ3) is 2.13. The molecule has 0 saturated heterocycles. The fourth-order valence-corrected chi connectivity index (χ4v) is 3.63. The number of benzene rings is 3. The van der Waals surface area contributed by atoms with Crippen molar-refractivity contribution in [3.05, 3.63) is 79.1 Å². The lowest BCUT2D eigenvalue weighted by Crippen LogP contribution is -1.93. The Labute approximate surface area is 154 Å². The maximum absolute atomic E-state index is 5.98. The van der Waals surface area contributed by atoms with E-state index in [0.29, 0.717) is 11.5 Å². The van der Waals surface area contributed by atoms with Crippen molar-refractivity contribution in [2.45, 2.75) is 0 Å². The fraction of sp³-hybridized carbons (Fsp3) is 0. The summed E-state index contributed by atoms with van der Waals surface area (Å²) in [5.74, 6) is 0.598. The summed E-state index contributed by atoms with van der Waals surface area (Å²) in [6, 6.07) is 22.3. The van der Waals surface area contributed by atoms with Crippen LogP contribution < -0.4 is 0 Å². The minimum absolute atomic E-state index is 0.598. The summed E-state index contributed by atoms with van der Waals surface area (Å²) in [4.78, 5) is 13.9. The summed E-state index contributed by atoms with van der Waals surface area (Å²) in [7, 11) is 0. The van der Waals surface area contributed by atoms with Gasteiger partial charge in [-0.2, -0.15) is 0 Å². The zero-order valence-corrected chi connectivity index (χ0v) is 14.3. The molecule has 0 radical (unpaired) electrons. The number of nitrogens with zero attached hydrogens (tertiary/aromatic N) is 3. The van der Waals surface area contributed by atoms with Crippen LogP contribution in [0.3, 0.4) is 0 Å². The molecule has 0 spiro atoms. The van der Waals surface area contributed by atoms with Crippen LogP contribution >= 0.6 is 0 Å². The van der Waals surface area contributed by atoms with Gasteiger partial charge in [0, 0.05) is 40.0 Å². The van der Waals surface area contributed by atoms with Crippen molar-refractivity contribution in [3.63, 3.8) is 0 Å². The zero-order valence-electron chi connectivity index (χ0n) is 14.3. The molecule has 126 valence electrons. The standard InChI is InChI=1S/C23H13N3O/c1-2-6-16-14(5-1)9-10-15-12-25-23(26-22(15)16)19-11-21-18(13-24-19)17-7-3-4-8-20(17)27-21/h1-13H. The summed E-state index contributed by atoms with van der Waals surface area (Å²) >= 11 is 0. The molecule has 0 aliphatic carbocycles. The van der Waals surface area contributed by atoms with Gasteiger partial charge in [0.05, 0.1) is 5.52 Å². The van der Waals surface area contributed by atoms with Crippen LogP contribution in [0.15, 0.2) is 83.5 Å². The summed E-state index contributed by atoms with van der Waals surface area (Å²) in [6.07, 6.45) is 3.70. The van der Waals surface area contributed by atoms with E-state index in [2.05, 4.69) is 34.2 Å². The van der Waals surface area contributed by atoms with Crippen LogP contribution in [0.4, 0.5) is 0 Å². The molecule has 0 aliphatic heterocycles. The van der Waals surface area contributed by atoms with E-state index >= 15 is 0 Å². The first-order chi connectivity index (χ1) is 13.4. The largest absolute Gasteiger partial charge is 0.456 e. The highest BCUT2D eigenvalue weighted by atomic mass is 16.3. The van der Waals surface area contributed by atoms with Gasteiger partial charge in [0.2, 0.25) is 0 Å². The molecule has 0 atom stereocenters. The van der Waals surface area contributed by atoms with Crippen molar-refractivity contribution in [2.24, 2.45) is 0 Å². The van der Waals surface area contributed by atoms with E-state index < -0.39 is 0 Å². The highest BCUT2D eigenvalue weighted by Crippen LogP contribution is 2.30. The van der Waals surface area contributed by atoms with Gasteiger partial charge in [-0.1, -0.05) is 54.6 Å². The summed E-state index contributed by atoms with van der Waals surface area (Å²) < 4.78 is 5.98.